The fourth-order valence-electron chi connectivity index (χ4n) is 4.00. The Balaban J connectivity index is 1.67. The summed E-state index contributed by atoms with van der Waals surface area (Å²) in [4.78, 5) is 10.7. The SMILES string of the molecule is CCNc1cc(NCC2CC3CCC2C3)cc([N+](=O)[O-])c1. The van der Waals surface area contributed by atoms with Gasteiger partial charge < -0.3 is 10.6 Å². The number of nitro benzene ring substituents is 1. The minimum Gasteiger partial charge on any atom is -0.385 e. The van der Waals surface area contributed by atoms with Crippen molar-refractivity contribution in [1.82, 2.24) is 0 Å². The second kappa shape index (κ2) is 5.92. The van der Waals surface area contributed by atoms with E-state index < -0.39 is 0 Å². The highest BCUT2D eigenvalue weighted by Gasteiger charge is 2.39. The number of hydrogen-bond acceptors (Lipinski definition) is 4. The molecule has 3 atom stereocenters. The van der Waals surface area contributed by atoms with Crippen LogP contribution in [0.1, 0.15) is 32.6 Å². The molecule has 1 aromatic carbocycles. The van der Waals surface area contributed by atoms with E-state index >= 15 is 0 Å². The molecule has 0 heterocycles. The van der Waals surface area contributed by atoms with Gasteiger partial charge in [-0.1, -0.05) is 6.42 Å². The first-order valence-corrected chi connectivity index (χ1v) is 7.93. The number of nitro groups is 1. The Morgan fingerprint density at radius 1 is 1.19 bits per heavy atom. The number of benzene rings is 1. The lowest BCUT2D eigenvalue weighted by atomic mass is 9.89. The van der Waals surface area contributed by atoms with E-state index in [1.807, 2.05) is 13.0 Å². The first-order chi connectivity index (χ1) is 10.2. The van der Waals surface area contributed by atoms with Crippen molar-refractivity contribution < 1.29 is 4.92 Å². The molecule has 0 aromatic heterocycles. The highest BCUT2D eigenvalue weighted by Crippen LogP contribution is 2.48. The summed E-state index contributed by atoms with van der Waals surface area (Å²) in [5.74, 6) is 2.55. The number of hydrogen-bond donors (Lipinski definition) is 2. The topological polar surface area (TPSA) is 67.2 Å². The third-order valence-corrected chi connectivity index (χ3v) is 4.96. The molecule has 2 bridgehead atoms. The summed E-state index contributed by atoms with van der Waals surface area (Å²) in [5, 5.41) is 17.6. The lowest BCUT2D eigenvalue weighted by molar-refractivity contribution is -0.384. The van der Waals surface area contributed by atoms with E-state index in [-0.39, 0.29) is 10.6 Å². The van der Waals surface area contributed by atoms with Crippen LogP contribution in [-0.2, 0) is 0 Å². The van der Waals surface area contributed by atoms with E-state index in [9.17, 15) is 10.1 Å². The number of nitrogens with one attached hydrogen (secondary N) is 2. The van der Waals surface area contributed by atoms with Gasteiger partial charge in [0.2, 0.25) is 0 Å². The van der Waals surface area contributed by atoms with E-state index in [2.05, 4.69) is 10.6 Å². The molecular formula is C16H23N3O2. The molecule has 0 radical (unpaired) electrons. The zero-order chi connectivity index (χ0) is 14.8. The van der Waals surface area contributed by atoms with Crippen molar-refractivity contribution in [2.45, 2.75) is 32.6 Å². The smallest absolute Gasteiger partial charge is 0.273 e. The number of anilines is 2. The monoisotopic (exact) mass is 289 g/mol. The number of non-ortho nitro benzene ring substituents is 1. The maximum atomic E-state index is 11.0. The van der Waals surface area contributed by atoms with Crippen molar-refractivity contribution in [3.8, 4) is 0 Å². The van der Waals surface area contributed by atoms with E-state index in [1.54, 1.807) is 12.1 Å². The summed E-state index contributed by atoms with van der Waals surface area (Å²) >= 11 is 0. The average Bonchev–Trinajstić information content (AvgIpc) is 3.07. The maximum absolute atomic E-state index is 11.0. The van der Waals surface area contributed by atoms with Crippen LogP contribution in [0.3, 0.4) is 0 Å². The first-order valence-electron chi connectivity index (χ1n) is 7.93. The molecule has 2 fully saturated rings. The molecule has 5 heteroatoms. The minimum absolute atomic E-state index is 0.142. The minimum atomic E-state index is -0.330. The Bertz CT molecular complexity index is 532. The normalized spacial score (nSPS) is 26.8. The third-order valence-electron chi connectivity index (χ3n) is 4.96. The van der Waals surface area contributed by atoms with E-state index in [0.29, 0.717) is 0 Å². The zero-order valence-electron chi connectivity index (χ0n) is 12.5. The predicted octanol–water partition coefficient (Wildman–Crippen LogP) is 3.87. The quantitative estimate of drug-likeness (QED) is 0.616. The van der Waals surface area contributed by atoms with Crippen LogP contribution in [0.5, 0.6) is 0 Å². The molecule has 3 unspecified atom stereocenters. The van der Waals surface area contributed by atoms with Crippen LogP contribution >= 0.6 is 0 Å². The van der Waals surface area contributed by atoms with Gasteiger partial charge in [0, 0.05) is 36.6 Å². The van der Waals surface area contributed by atoms with Gasteiger partial charge in [-0.2, -0.15) is 0 Å². The Morgan fingerprint density at radius 3 is 2.52 bits per heavy atom. The van der Waals surface area contributed by atoms with Gasteiger partial charge in [0.05, 0.1) is 4.92 Å². The van der Waals surface area contributed by atoms with Crippen molar-refractivity contribution in [2.24, 2.45) is 17.8 Å². The summed E-state index contributed by atoms with van der Waals surface area (Å²) in [6.45, 7) is 3.68. The molecule has 0 amide bonds. The van der Waals surface area contributed by atoms with Gasteiger partial charge in [-0.3, -0.25) is 10.1 Å². The van der Waals surface area contributed by atoms with Gasteiger partial charge in [-0.25, -0.2) is 0 Å². The Hall–Kier alpha value is -1.78. The Labute approximate surface area is 125 Å². The molecule has 2 saturated carbocycles. The second-order valence-electron chi connectivity index (χ2n) is 6.37. The first kappa shape index (κ1) is 14.2. The average molecular weight is 289 g/mol. The summed E-state index contributed by atoms with van der Waals surface area (Å²) in [5.41, 5.74) is 1.80. The second-order valence-corrected chi connectivity index (χ2v) is 6.37. The van der Waals surface area contributed by atoms with Crippen molar-refractivity contribution in [1.29, 1.82) is 0 Å². The van der Waals surface area contributed by atoms with Gasteiger partial charge in [0.25, 0.3) is 5.69 Å². The number of nitrogens with zero attached hydrogens (tertiary/aromatic N) is 1. The van der Waals surface area contributed by atoms with Crippen molar-refractivity contribution in [2.75, 3.05) is 23.7 Å². The van der Waals surface area contributed by atoms with Crippen LogP contribution in [0.15, 0.2) is 18.2 Å². The van der Waals surface area contributed by atoms with Crippen molar-refractivity contribution in [3.63, 3.8) is 0 Å². The fourth-order valence-corrected chi connectivity index (χ4v) is 4.00. The van der Waals surface area contributed by atoms with E-state index in [1.165, 1.54) is 25.7 Å². The molecule has 0 aliphatic heterocycles. The largest absolute Gasteiger partial charge is 0.385 e. The summed E-state index contributed by atoms with van der Waals surface area (Å²) in [6.07, 6.45) is 5.49. The summed E-state index contributed by atoms with van der Waals surface area (Å²) in [7, 11) is 0. The molecule has 3 rings (SSSR count). The lowest BCUT2D eigenvalue weighted by Crippen LogP contribution is -2.20. The van der Waals surface area contributed by atoms with Crippen molar-refractivity contribution in [3.05, 3.63) is 28.3 Å². The lowest BCUT2D eigenvalue weighted by Gasteiger charge is -2.22. The van der Waals surface area contributed by atoms with Gasteiger partial charge in [0.15, 0.2) is 0 Å². The molecule has 0 spiro atoms. The number of rotatable bonds is 6. The molecule has 0 saturated heterocycles. The van der Waals surface area contributed by atoms with Gasteiger partial charge >= 0.3 is 0 Å². The molecule has 21 heavy (non-hydrogen) atoms. The van der Waals surface area contributed by atoms with Crippen LogP contribution < -0.4 is 10.6 Å². The van der Waals surface area contributed by atoms with Crippen LogP contribution in [0, 0.1) is 27.9 Å². The van der Waals surface area contributed by atoms with Crippen LogP contribution in [0.25, 0.3) is 0 Å². The van der Waals surface area contributed by atoms with E-state index in [4.69, 9.17) is 0 Å². The van der Waals surface area contributed by atoms with Gasteiger partial charge in [-0.15, -0.1) is 0 Å². The molecule has 1 aromatic rings. The van der Waals surface area contributed by atoms with E-state index in [0.717, 1.165) is 42.2 Å². The van der Waals surface area contributed by atoms with Gasteiger partial charge in [0.1, 0.15) is 0 Å². The predicted molar refractivity (Wildman–Crippen MR) is 84.7 cm³/mol. The van der Waals surface area contributed by atoms with Crippen LogP contribution in [-0.4, -0.2) is 18.0 Å². The molecule has 114 valence electrons. The molecule has 2 aliphatic rings. The van der Waals surface area contributed by atoms with Crippen molar-refractivity contribution >= 4 is 17.1 Å². The van der Waals surface area contributed by atoms with Crippen LogP contribution in [0.2, 0.25) is 0 Å². The molecular weight excluding hydrogens is 266 g/mol. The molecule has 5 nitrogen and oxygen atoms in total. The summed E-state index contributed by atoms with van der Waals surface area (Å²) < 4.78 is 0. The maximum Gasteiger partial charge on any atom is 0.273 e. The molecule has 2 aliphatic carbocycles. The Kier molecular flexibility index (Phi) is 3.99. The van der Waals surface area contributed by atoms with Gasteiger partial charge in [-0.05, 0) is 50.0 Å². The fraction of sp³-hybridized carbons (Fsp3) is 0.625. The highest BCUT2D eigenvalue weighted by atomic mass is 16.6. The third kappa shape index (κ3) is 3.12. The summed E-state index contributed by atoms with van der Waals surface area (Å²) in [6, 6.07) is 5.18. The number of fused-ring (bicyclic) bond motifs is 2. The molecule has 2 N–H and O–H groups in total. The zero-order valence-corrected chi connectivity index (χ0v) is 12.5. The standard InChI is InChI=1S/C16H23N3O2/c1-2-17-14-7-15(9-16(8-14)19(20)21)18-10-13-6-11-3-4-12(13)5-11/h7-9,11-13,17-18H,2-6,10H2,1H3. The van der Waals surface area contributed by atoms with Crippen LogP contribution in [0.4, 0.5) is 17.1 Å². The highest BCUT2D eigenvalue weighted by molar-refractivity contribution is 5.63. The Morgan fingerprint density at radius 2 is 1.95 bits per heavy atom.